The van der Waals surface area contributed by atoms with Crippen molar-refractivity contribution in [2.24, 2.45) is 0 Å². The summed E-state index contributed by atoms with van der Waals surface area (Å²) in [5.41, 5.74) is 2.12. The van der Waals surface area contributed by atoms with Gasteiger partial charge in [-0.25, -0.2) is 0 Å². The average Bonchev–Trinajstić information content (AvgIpc) is 3.07. The number of methoxy groups -OCH3 is 1. The van der Waals surface area contributed by atoms with Crippen LogP contribution in [0.3, 0.4) is 0 Å². The summed E-state index contributed by atoms with van der Waals surface area (Å²) >= 11 is 0. The fourth-order valence-corrected chi connectivity index (χ4v) is 3.21. The summed E-state index contributed by atoms with van der Waals surface area (Å²) in [6.45, 7) is 0.797. The highest BCUT2D eigenvalue weighted by Crippen LogP contribution is 2.34. The van der Waals surface area contributed by atoms with Gasteiger partial charge >= 0.3 is 0 Å². The maximum absolute atomic E-state index is 13.0. The van der Waals surface area contributed by atoms with Gasteiger partial charge in [0.15, 0.2) is 6.10 Å². The first-order chi connectivity index (χ1) is 10.8. The Hall–Kier alpha value is -2.13. The van der Waals surface area contributed by atoms with Gasteiger partial charge in [-0.1, -0.05) is 60.7 Å². The number of hydrogen-bond acceptors (Lipinski definition) is 2. The van der Waals surface area contributed by atoms with E-state index in [2.05, 4.69) is 12.1 Å². The third-order valence-electron chi connectivity index (χ3n) is 4.28. The van der Waals surface area contributed by atoms with Crippen molar-refractivity contribution in [1.82, 2.24) is 4.90 Å². The van der Waals surface area contributed by atoms with Gasteiger partial charge in [-0.15, -0.1) is 0 Å². The maximum Gasteiger partial charge on any atom is 0.256 e. The van der Waals surface area contributed by atoms with Crippen molar-refractivity contribution in [2.75, 3.05) is 13.7 Å². The van der Waals surface area contributed by atoms with Gasteiger partial charge in [0.1, 0.15) is 0 Å². The van der Waals surface area contributed by atoms with Gasteiger partial charge in [0.05, 0.1) is 6.04 Å². The lowest BCUT2D eigenvalue weighted by atomic mass is 10.0. The SMILES string of the molecule is CO[C@H](C(=O)N1CCC[C@@H]1c1ccccc1)c1ccccc1. The van der Waals surface area contributed by atoms with Crippen LogP contribution < -0.4 is 0 Å². The molecule has 1 fully saturated rings. The zero-order chi connectivity index (χ0) is 15.4. The summed E-state index contributed by atoms with van der Waals surface area (Å²) in [4.78, 5) is 14.9. The van der Waals surface area contributed by atoms with Gasteiger partial charge < -0.3 is 9.64 Å². The summed E-state index contributed by atoms with van der Waals surface area (Å²) < 4.78 is 5.50. The molecule has 3 rings (SSSR count). The summed E-state index contributed by atoms with van der Waals surface area (Å²) in [6, 6.07) is 20.1. The topological polar surface area (TPSA) is 29.5 Å². The van der Waals surface area contributed by atoms with Crippen LogP contribution in [0.15, 0.2) is 60.7 Å². The van der Waals surface area contributed by atoms with E-state index in [-0.39, 0.29) is 11.9 Å². The largest absolute Gasteiger partial charge is 0.367 e. The Bertz CT molecular complexity index is 612. The molecule has 0 saturated carbocycles. The molecule has 1 saturated heterocycles. The first-order valence-corrected chi connectivity index (χ1v) is 7.74. The van der Waals surface area contributed by atoms with Gasteiger partial charge in [-0.2, -0.15) is 0 Å². The van der Waals surface area contributed by atoms with Crippen LogP contribution in [0.25, 0.3) is 0 Å². The number of ether oxygens (including phenoxy) is 1. The van der Waals surface area contributed by atoms with E-state index in [1.54, 1.807) is 7.11 Å². The van der Waals surface area contributed by atoms with Crippen molar-refractivity contribution in [3.05, 3.63) is 71.8 Å². The molecule has 1 heterocycles. The van der Waals surface area contributed by atoms with E-state index in [0.717, 1.165) is 24.9 Å². The maximum atomic E-state index is 13.0. The summed E-state index contributed by atoms with van der Waals surface area (Å²) in [5.74, 6) is 0.0556. The number of benzene rings is 2. The smallest absolute Gasteiger partial charge is 0.256 e. The second-order valence-corrected chi connectivity index (χ2v) is 5.63. The van der Waals surface area contributed by atoms with E-state index in [4.69, 9.17) is 4.74 Å². The third-order valence-corrected chi connectivity index (χ3v) is 4.28. The fourth-order valence-electron chi connectivity index (χ4n) is 3.21. The molecule has 114 valence electrons. The average molecular weight is 295 g/mol. The molecule has 3 heteroatoms. The standard InChI is InChI=1S/C19H21NO2/c1-22-18(16-11-6-3-7-12-16)19(21)20-14-8-13-17(20)15-9-4-2-5-10-15/h2-7,9-12,17-18H,8,13-14H2,1H3/t17-,18+/m1/s1. The molecule has 22 heavy (non-hydrogen) atoms. The number of carbonyl (C=O) groups excluding carboxylic acids is 1. The first kappa shape index (κ1) is 14.8. The minimum absolute atomic E-state index is 0.0556. The predicted molar refractivity (Wildman–Crippen MR) is 86.3 cm³/mol. The van der Waals surface area contributed by atoms with Crippen LogP contribution in [0.5, 0.6) is 0 Å². The predicted octanol–water partition coefficient (Wildman–Crippen LogP) is 3.74. The van der Waals surface area contributed by atoms with E-state index in [0.29, 0.717) is 0 Å². The fraction of sp³-hybridized carbons (Fsp3) is 0.316. The minimum atomic E-state index is -0.523. The minimum Gasteiger partial charge on any atom is -0.367 e. The highest BCUT2D eigenvalue weighted by atomic mass is 16.5. The van der Waals surface area contributed by atoms with Gasteiger partial charge in [0.25, 0.3) is 5.91 Å². The summed E-state index contributed by atoms with van der Waals surface area (Å²) in [5, 5.41) is 0. The number of likely N-dealkylation sites (tertiary alicyclic amines) is 1. The van der Waals surface area contributed by atoms with Crippen molar-refractivity contribution in [3.63, 3.8) is 0 Å². The monoisotopic (exact) mass is 295 g/mol. The van der Waals surface area contributed by atoms with E-state index < -0.39 is 6.10 Å². The number of rotatable bonds is 4. The molecule has 0 aromatic heterocycles. The molecule has 2 aromatic rings. The molecule has 1 aliphatic rings. The van der Waals surface area contributed by atoms with Crippen molar-refractivity contribution < 1.29 is 9.53 Å². The van der Waals surface area contributed by atoms with Crippen LogP contribution in [-0.4, -0.2) is 24.5 Å². The Morgan fingerprint density at radius 3 is 2.36 bits per heavy atom. The molecular weight excluding hydrogens is 274 g/mol. The van der Waals surface area contributed by atoms with Crippen molar-refractivity contribution in [2.45, 2.75) is 25.0 Å². The second-order valence-electron chi connectivity index (χ2n) is 5.63. The highest BCUT2D eigenvalue weighted by molar-refractivity contribution is 5.83. The molecule has 1 amide bonds. The van der Waals surface area contributed by atoms with E-state index >= 15 is 0 Å². The number of carbonyl (C=O) groups is 1. The van der Waals surface area contributed by atoms with Gasteiger partial charge in [0, 0.05) is 13.7 Å². The Morgan fingerprint density at radius 1 is 1.09 bits per heavy atom. The first-order valence-electron chi connectivity index (χ1n) is 7.74. The molecule has 0 unspecified atom stereocenters. The number of nitrogens with zero attached hydrogens (tertiary/aromatic N) is 1. The lowest BCUT2D eigenvalue weighted by Crippen LogP contribution is -2.35. The quantitative estimate of drug-likeness (QED) is 0.860. The van der Waals surface area contributed by atoms with Crippen LogP contribution in [0.1, 0.15) is 36.1 Å². The van der Waals surface area contributed by atoms with Crippen molar-refractivity contribution >= 4 is 5.91 Å². The molecule has 2 aromatic carbocycles. The third kappa shape index (κ3) is 2.90. The van der Waals surface area contributed by atoms with E-state index in [1.807, 2.05) is 53.4 Å². The van der Waals surface area contributed by atoms with Crippen LogP contribution in [0.2, 0.25) is 0 Å². The number of hydrogen-bond donors (Lipinski definition) is 0. The Labute approximate surface area is 131 Å². The highest BCUT2D eigenvalue weighted by Gasteiger charge is 2.34. The Kier molecular flexibility index (Phi) is 4.54. The molecule has 3 nitrogen and oxygen atoms in total. The van der Waals surface area contributed by atoms with Crippen LogP contribution >= 0.6 is 0 Å². The summed E-state index contributed by atoms with van der Waals surface area (Å²) in [6.07, 6.45) is 1.53. The van der Waals surface area contributed by atoms with Gasteiger partial charge in [0.2, 0.25) is 0 Å². The van der Waals surface area contributed by atoms with Crippen molar-refractivity contribution in [1.29, 1.82) is 0 Å². The van der Waals surface area contributed by atoms with Crippen LogP contribution in [0.4, 0.5) is 0 Å². The molecule has 0 bridgehead atoms. The molecule has 1 aliphatic heterocycles. The molecule has 0 radical (unpaired) electrons. The van der Waals surface area contributed by atoms with E-state index in [1.165, 1.54) is 5.56 Å². The zero-order valence-electron chi connectivity index (χ0n) is 12.8. The lowest BCUT2D eigenvalue weighted by molar-refractivity contribution is -0.143. The summed E-state index contributed by atoms with van der Waals surface area (Å²) in [7, 11) is 1.60. The normalized spacial score (nSPS) is 19.1. The molecule has 0 N–H and O–H groups in total. The molecule has 0 aliphatic carbocycles. The number of amides is 1. The van der Waals surface area contributed by atoms with Crippen molar-refractivity contribution in [3.8, 4) is 0 Å². The van der Waals surface area contributed by atoms with Gasteiger partial charge in [-0.3, -0.25) is 4.79 Å². The Morgan fingerprint density at radius 2 is 1.73 bits per heavy atom. The van der Waals surface area contributed by atoms with Crippen LogP contribution in [0, 0.1) is 0 Å². The van der Waals surface area contributed by atoms with Crippen LogP contribution in [-0.2, 0) is 9.53 Å². The molecule has 2 atom stereocenters. The van der Waals surface area contributed by atoms with Gasteiger partial charge in [-0.05, 0) is 24.0 Å². The second kappa shape index (κ2) is 6.75. The molecule has 0 spiro atoms. The lowest BCUT2D eigenvalue weighted by Gasteiger charge is -2.28. The zero-order valence-corrected chi connectivity index (χ0v) is 12.8. The van der Waals surface area contributed by atoms with E-state index in [9.17, 15) is 4.79 Å². The Balaban J connectivity index is 1.84. The molecular formula is C19H21NO2.